The van der Waals surface area contributed by atoms with Crippen molar-refractivity contribution in [3.05, 3.63) is 102 Å². The van der Waals surface area contributed by atoms with Gasteiger partial charge in [-0.15, -0.1) is 0 Å². The third-order valence-corrected chi connectivity index (χ3v) is 5.97. The molecule has 0 aliphatic carbocycles. The quantitative estimate of drug-likeness (QED) is 0.431. The van der Waals surface area contributed by atoms with Gasteiger partial charge in [-0.3, -0.25) is 9.69 Å². The Labute approximate surface area is 202 Å². The average molecular weight is 473 g/mol. The van der Waals surface area contributed by atoms with Gasteiger partial charge in [0.05, 0.1) is 24.3 Å². The maximum atomic E-state index is 13.6. The number of nitrogens with zero attached hydrogens (tertiary/aromatic N) is 4. The molecule has 1 aromatic heterocycles. The van der Waals surface area contributed by atoms with Crippen molar-refractivity contribution in [2.75, 3.05) is 24.5 Å². The summed E-state index contributed by atoms with van der Waals surface area (Å²) in [7, 11) is 0. The lowest BCUT2D eigenvalue weighted by Crippen LogP contribution is -2.50. The van der Waals surface area contributed by atoms with Crippen molar-refractivity contribution >= 4 is 11.6 Å². The topological polar surface area (TPSA) is 70.8 Å². The highest BCUT2D eigenvalue weighted by Gasteiger charge is 2.28. The Balaban J connectivity index is 1.26. The Hall–Kier alpha value is -4.17. The maximum absolute atomic E-state index is 13.6. The van der Waals surface area contributed by atoms with E-state index in [1.165, 1.54) is 12.1 Å². The van der Waals surface area contributed by atoms with Crippen molar-refractivity contribution < 1.29 is 19.0 Å². The Kier molecular flexibility index (Phi) is 6.45. The summed E-state index contributed by atoms with van der Waals surface area (Å²) in [5.41, 5.74) is 2.47. The number of aromatic nitrogens is 2. The van der Waals surface area contributed by atoms with E-state index in [0.717, 1.165) is 11.3 Å². The number of halogens is 1. The number of anilines is 1. The zero-order valence-electron chi connectivity index (χ0n) is 19.0. The number of aromatic hydroxyl groups is 1. The molecule has 2 heterocycles. The van der Waals surface area contributed by atoms with Crippen LogP contribution in [0.1, 0.15) is 11.3 Å². The van der Waals surface area contributed by atoms with E-state index >= 15 is 0 Å². The van der Waals surface area contributed by atoms with Gasteiger partial charge in [0.2, 0.25) is 5.91 Å². The van der Waals surface area contributed by atoms with Crippen LogP contribution in [0.15, 0.2) is 85.3 Å². The summed E-state index contributed by atoms with van der Waals surface area (Å²) in [6, 6.07) is 20.6. The molecule has 1 N–H and O–H groups in total. The summed E-state index contributed by atoms with van der Waals surface area (Å²) < 4.78 is 21.5. The number of carbonyl (C=O) groups excluding carboxylic acids is 1. The highest BCUT2D eigenvalue weighted by Crippen LogP contribution is 2.36. The number of hydrogen-bond donors (Lipinski definition) is 1. The van der Waals surface area contributed by atoms with E-state index in [2.05, 4.69) is 9.88 Å². The Morgan fingerprint density at radius 3 is 2.54 bits per heavy atom. The van der Waals surface area contributed by atoms with Crippen molar-refractivity contribution in [1.82, 2.24) is 14.5 Å². The Morgan fingerprint density at radius 2 is 1.74 bits per heavy atom. The molecule has 1 amide bonds. The van der Waals surface area contributed by atoms with E-state index < -0.39 is 0 Å². The summed E-state index contributed by atoms with van der Waals surface area (Å²) >= 11 is 0. The molecule has 0 unspecified atom stereocenters. The number of phenols is 1. The second kappa shape index (κ2) is 9.99. The number of ether oxygens (including phenoxy) is 1. The summed E-state index contributed by atoms with van der Waals surface area (Å²) in [6.45, 7) is 2.48. The van der Waals surface area contributed by atoms with Crippen molar-refractivity contribution in [2.24, 2.45) is 0 Å². The molecule has 0 spiro atoms. The van der Waals surface area contributed by atoms with Crippen LogP contribution in [-0.2, 0) is 17.9 Å². The number of para-hydroxylation sites is 4. The average Bonchev–Trinajstić information content (AvgIpc) is 3.27. The van der Waals surface area contributed by atoms with E-state index in [0.29, 0.717) is 43.4 Å². The zero-order valence-corrected chi connectivity index (χ0v) is 19.0. The van der Waals surface area contributed by atoms with Crippen LogP contribution >= 0.6 is 0 Å². The second-order valence-corrected chi connectivity index (χ2v) is 8.44. The largest absolute Gasteiger partial charge is 0.504 e. The third kappa shape index (κ3) is 5.17. The number of benzene rings is 3. The fourth-order valence-electron chi connectivity index (χ4n) is 4.22. The summed E-state index contributed by atoms with van der Waals surface area (Å²) in [4.78, 5) is 21.2. The van der Waals surface area contributed by atoms with E-state index in [9.17, 15) is 14.3 Å². The Bertz CT molecular complexity index is 1340. The number of imidazole rings is 1. The van der Waals surface area contributed by atoms with Crippen LogP contribution in [-0.4, -0.2) is 45.1 Å². The van der Waals surface area contributed by atoms with Gasteiger partial charge in [0, 0.05) is 32.4 Å². The number of amides is 1. The molecule has 0 bridgehead atoms. The van der Waals surface area contributed by atoms with E-state index in [4.69, 9.17) is 4.74 Å². The van der Waals surface area contributed by atoms with Crippen molar-refractivity contribution in [2.45, 2.75) is 13.1 Å². The van der Waals surface area contributed by atoms with Crippen LogP contribution in [0.5, 0.6) is 17.2 Å². The van der Waals surface area contributed by atoms with Gasteiger partial charge < -0.3 is 19.3 Å². The molecule has 3 aromatic carbocycles. The van der Waals surface area contributed by atoms with Crippen LogP contribution in [0.4, 0.5) is 10.1 Å². The van der Waals surface area contributed by atoms with Gasteiger partial charge in [0.25, 0.3) is 0 Å². The molecule has 1 saturated heterocycles. The van der Waals surface area contributed by atoms with Crippen molar-refractivity contribution in [3.63, 3.8) is 0 Å². The molecule has 0 atom stereocenters. The molecule has 1 fully saturated rings. The van der Waals surface area contributed by atoms with Crippen LogP contribution in [0.2, 0.25) is 0 Å². The minimum atomic E-state index is -0.266. The summed E-state index contributed by atoms with van der Waals surface area (Å²) in [5, 5.41) is 10.1. The van der Waals surface area contributed by atoms with Crippen LogP contribution in [0, 0.1) is 5.82 Å². The fraction of sp³-hybridized carbons (Fsp3) is 0.185. The molecule has 0 saturated carbocycles. The lowest BCUT2D eigenvalue weighted by molar-refractivity contribution is -0.121. The monoisotopic (exact) mass is 472 g/mol. The third-order valence-electron chi connectivity index (χ3n) is 5.97. The molecule has 4 aromatic rings. The molecule has 7 nitrogen and oxygen atoms in total. The minimum absolute atomic E-state index is 0.0355. The predicted molar refractivity (Wildman–Crippen MR) is 130 cm³/mol. The highest BCUT2D eigenvalue weighted by atomic mass is 19.1. The first-order valence-electron chi connectivity index (χ1n) is 11.4. The molecular formula is C27H25FN4O3. The first kappa shape index (κ1) is 22.6. The molecule has 5 rings (SSSR count). The molecule has 35 heavy (non-hydrogen) atoms. The van der Waals surface area contributed by atoms with E-state index in [-0.39, 0.29) is 24.0 Å². The number of phenolic OH excluding ortho intramolecular Hbond substituents is 1. The summed E-state index contributed by atoms with van der Waals surface area (Å²) in [6.07, 6.45) is 3.51. The van der Waals surface area contributed by atoms with Crippen LogP contribution < -0.4 is 9.64 Å². The van der Waals surface area contributed by atoms with Gasteiger partial charge in [-0.1, -0.05) is 36.4 Å². The fourth-order valence-corrected chi connectivity index (χ4v) is 4.22. The molecule has 0 radical (unpaired) electrons. The maximum Gasteiger partial charge on any atom is 0.241 e. The molecule has 1 aliphatic rings. The van der Waals surface area contributed by atoms with Gasteiger partial charge in [-0.2, -0.15) is 0 Å². The first-order chi connectivity index (χ1) is 17.1. The first-order valence-corrected chi connectivity index (χ1v) is 11.4. The molecule has 178 valence electrons. The van der Waals surface area contributed by atoms with Gasteiger partial charge in [0.15, 0.2) is 17.2 Å². The lowest BCUT2D eigenvalue weighted by atomic mass is 10.2. The Morgan fingerprint density at radius 1 is 0.943 bits per heavy atom. The number of hydrogen-bond acceptors (Lipinski definition) is 5. The minimum Gasteiger partial charge on any atom is -0.504 e. The van der Waals surface area contributed by atoms with Crippen LogP contribution in [0.25, 0.3) is 0 Å². The zero-order chi connectivity index (χ0) is 24.2. The van der Waals surface area contributed by atoms with E-state index in [1.807, 2.05) is 28.8 Å². The summed E-state index contributed by atoms with van der Waals surface area (Å²) in [5.74, 6) is 0.563. The number of piperazine rings is 1. The smallest absolute Gasteiger partial charge is 0.241 e. The standard InChI is InChI=1S/C27H25FN4O3/c28-21-7-5-6-20(14-21)16-31-19-29-15-22(31)17-30-12-13-32(27(34)18-30)23-8-1-3-10-25(23)35-26-11-4-2-9-24(26)33/h1-11,14-15,19,33H,12-13,16-18H2. The van der Waals surface area contributed by atoms with Gasteiger partial charge in [-0.05, 0) is 42.0 Å². The van der Waals surface area contributed by atoms with Crippen molar-refractivity contribution in [1.29, 1.82) is 0 Å². The predicted octanol–water partition coefficient (Wildman–Crippen LogP) is 4.42. The highest BCUT2D eigenvalue weighted by molar-refractivity contribution is 5.97. The van der Waals surface area contributed by atoms with E-state index in [1.54, 1.807) is 53.8 Å². The van der Waals surface area contributed by atoms with Crippen molar-refractivity contribution in [3.8, 4) is 17.2 Å². The van der Waals surface area contributed by atoms with Gasteiger partial charge >= 0.3 is 0 Å². The SMILES string of the molecule is O=C1CN(Cc2cncn2Cc2cccc(F)c2)CCN1c1ccccc1Oc1ccccc1O. The second-order valence-electron chi connectivity index (χ2n) is 8.44. The molecule has 1 aliphatic heterocycles. The van der Waals surface area contributed by atoms with Gasteiger partial charge in [-0.25, -0.2) is 9.37 Å². The molecular weight excluding hydrogens is 447 g/mol. The normalized spacial score (nSPS) is 14.3. The molecule has 8 heteroatoms. The van der Waals surface area contributed by atoms with Gasteiger partial charge in [0.1, 0.15) is 5.82 Å². The number of rotatable bonds is 7. The van der Waals surface area contributed by atoms with Crippen LogP contribution in [0.3, 0.4) is 0 Å². The lowest BCUT2D eigenvalue weighted by Gasteiger charge is -2.35. The number of carbonyl (C=O) groups is 1.